The minimum atomic E-state index is -1.64. The van der Waals surface area contributed by atoms with Gasteiger partial charge in [-0.2, -0.15) is 0 Å². The van der Waals surface area contributed by atoms with Crippen LogP contribution in [0.1, 0.15) is 79.0 Å². The lowest BCUT2D eigenvalue weighted by molar-refractivity contribution is 0.0506. The predicted octanol–water partition coefficient (Wildman–Crippen LogP) is 8.97. The van der Waals surface area contributed by atoms with E-state index in [4.69, 9.17) is 53.8 Å². The molecular formula is C34H44Cl3O5P. The van der Waals surface area contributed by atoms with Gasteiger partial charge in [-0.05, 0) is 60.6 Å². The highest BCUT2D eigenvalue weighted by atomic mass is 35.5. The number of hydrogen-bond acceptors (Lipinski definition) is 5. The summed E-state index contributed by atoms with van der Waals surface area (Å²) in [6.07, 6.45) is 0. The smallest absolute Gasteiger partial charge is 0.188 e. The van der Waals surface area contributed by atoms with Crippen LogP contribution in [0.3, 0.4) is 0 Å². The van der Waals surface area contributed by atoms with Gasteiger partial charge in [0.25, 0.3) is 0 Å². The average Bonchev–Trinajstić information content (AvgIpc) is 2.87. The molecule has 0 amide bonds. The predicted molar refractivity (Wildman–Crippen MR) is 183 cm³/mol. The zero-order valence-corrected chi connectivity index (χ0v) is 30.2. The fourth-order valence-electron chi connectivity index (χ4n) is 4.86. The van der Waals surface area contributed by atoms with Crippen LogP contribution < -0.4 is 25.4 Å². The van der Waals surface area contributed by atoms with E-state index in [1.165, 1.54) is 0 Å². The molecule has 0 bridgehead atoms. The van der Waals surface area contributed by atoms with Gasteiger partial charge in [0.2, 0.25) is 0 Å². The van der Waals surface area contributed by atoms with Crippen molar-refractivity contribution in [3.63, 3.8) is 0 Å². The Bertz CT molecular complexity index is 1380. The van der Waals surface area contributed by atoms with Gasteiger partial charge >= 0.3 is 0 Å². The molecule has 0 unspecified atom stereocenters. The lowest BCUT2D eigenvalue weighted by Gasteiger charge is -2.32. The number of aromatic hydroxyl groups is 1. The molecule has 9 heteroatoms. The van der Waals surface area contributed by atoms with E-state index in [0.29, 0.717) is 31.9 Å². The Hall–Kier alpha value is -1.72. The molecule has 0 saturated carbocycles. The summed E-state index contributed by atoms with van der Waals surface area (Å²) < 4.78 is 23.5. The number of phenolic OH excluding ortho intramolecular Hbond substituents is 1. The second-order valence-electron chi connectivity index (χ2n) is 13.6. The largest absolute Gasteiger partial charge is 0.507 e. The lowest BCUT2D eigenvalue weighted by atomic mass is 9.86. The van der Waals surface area contributed by atoms with Gasteiger partial charge in [0.1, 0.15) is 17.2 Å². The van der Waals surface area contributed by atoms with Crippen LogP contribution >= 0.6 is 42.7 Å². The first-order valence-corrected chi connectivity index (χ1v) is 16.5. The normalized spacial score (nSPS) is 12.6. The van der Waals surface area contributed by atoms with Crippen LogP contribution in [0.5, 0.6) is 17.2 Å². The molecule has 5 nitrogen and oxygen atoms in total. The van der Waals surface area contributed by atoms with Crippen molar-refractivity contribution in [1.82, 2.24) is 0 Å². The monoisotopic (exact) mass is 668 g/mol. The van der Waals surface area contributed by atoms with Crippen molar-refractivity contribution < 1.29 is 24.1 Å². The molecule has 0 aliphatic rings. The molecule has 0 aliphatic carbocycles. The van der Waals surface area contributed by atoms with Gasteiger partial charge in [0.15, 0.2) is 13.6 Å². The molecule has 0 atom stereocenters. The topological polar surface area (TPSA) is 57.2 Å². The quantitative estimate of drug-likeness (QED) is 0.182. The summed E-state index contributed by atoms with van der Waals surface area (Å²) in [5.41, 5.74) is 1.45. The van der Waals surface area contributed by atoms with E-state index in [9.17, 15) is 5.11 Å². The molecular weight excluding hydrogens is 626 g/mol. The van der Waals surface area contributed by atoms with E-state index in [1.54, 1.807) is 14.2 Å². The van der Waals surface area contributed by atoms with Gasteiger partial charge < -0.3 is 24.1 Å². The first-order valence-electron chi connectivity index (χ1n) is 14.1. The summed E-state index contributed by atoms with van der Waals surface area (Å²) in [6, 6.07) is 11.2. The minimum Gasteiger partial charge on any atom is -0.507 e. The number of rotatable bonds is 9. The van der Waals surface area contributed by atoms with Gasteiger partial charge in [-0.1, -0.05) is 97.1 Å². The first kappa shape index (κ1) is 35.8. The summed E-state index contributed by atoms with van der Waals surface area (Å²) in [5, 5.41) is 15.8. The Morgan fingerprint density at radius 2 is 0.884 bits per heavy atom. The highest BCUT2D eigenvalue weighted by Crippen LogP contribution is 2.49. The third-order valence-electron chi connectivity index (χ3n) is 6.91. The van der Waals surface area contributed by atoms with Crippen molar-refractivity contribution >= 4 is 58.6 Å². The van der Waals surface area contributed by atoms with E-state index in [0.717, 1.165) is 27.3 Å². The second kappa shape index (κ2) is 13.7. The molecule has 0 aromatic heterocycles. The highest BCUT2D eigenvalue weighted by molar-refractivity contribution is 7.80. The van der Waals surface area contributed by atoms with Crippen molar-refractivity contribution in [3.8, 4) is 17.2 Å². The summed E-state index contributed by atoms with van der Waals surface area (Å²) in [6.45, 7) is 18.8. The standard InChI is InChI=1S/C34H44Cl3O5P/c1-32(2,3)23-12-20(35)15-26(29(23)38)43(27-16-21(36)13-24(33(4,5)6)30(27)41-18-39-10)28-17-22(37)14-25(34(7,8)9)31(28)42-19-40-11/h12-17,38H,18-19H2,1-11H3. The number of methoxy groups -OCH3 is 2. The zero-order valence-electron chi connectivity index (χ0n) is 27.0. The van der Waals surface area contributed by atoms with Gasteiger partial charge in [0.05, 0.1) is 0 Å². The molecule has 0 heterocycles. The van der Waals surface area contributed by atoms with Gasteiger partial charge in [-0.25, -0.2) is 0 Å². The number of halogens is 3. The molecule has 3 aromatic carbocycles. The molecule has 43 heavy (non-hydrogen) atoms. The van der Waals surface area contributed by atoms with Crippen molar-refractivity contribution in [3.05, 3.63) is 68.2 Å². The van der Waals surface area contributed by atoms with Crippen LogP contribution in [0.2, 0.25) is 15.1 Å². The van der Waals surface area contributed by atoms with E-state index in [1.807, 2.05) is 57.2 Å². The van der Waals surface area contributed by atoms with E-state index >= 15 is 0 Å². The van der Waals surface area contributed by atoms with Crippen LogP contribution in [0.15, 0.2) is 36.4 Å². The van der Waals surface area contributed by atoms with E-state index in [2.05, 4.69) is 41.5 Å². The maximum Gasteiger partial charge on any atom is 0.188 e. The van der Waals surface area contributed by atoms with Crippen LogP contribution in [-0.4, -0.2) is 32.9 Å². The molecule has 0 aliphatic heterocycles. The third-order valence-corrected chi connectivity index (χ3v) is 10.0. The number of hydrogen-bond donors (Lipinski definition) is 1. The Morgan fingerprint density at radius 3 is 1.21 bits per heavy atom. The molecule has 236 valence electrons. The third kappa shape index (κ3) is 8.31. The number of phenols is 1. The van der Waals surface area contributed by atoms with Gasteiger partial charge in [-0.3, -0.25) is 0 Å². The Balaban J connectivity index is 2.65. The molecule has 0 spiro atoms. The lowest BCUT2D eigenvalue weighted by Crippen LogP contribution is -2.29. The average molecular weight is 670 g/mol. The molecule has 3 aromatic rings. The van der Waals surface area contributed by atoms with Gasteiger partial charge in [-0.15, -0.1) is 0 Å². The summed E-state index contributed by atoms with van der Waals surface area (Å²) in [7, 11) is 1.52. The number of benzene rings is 3. The maximum absolute atomic E-state index is 12.0. The molecule has 3 rings (SSSR count). The Morgan fingerprint density at radius 1 is 0.558 bits per heavy atom. The zero-order chi connectivity index (χ0) is 32.5. The summed E-state index contributed by atoms with van der Waals surface area (Å²) >= 11 is 20.6. The summed E-state index contributed by atoms with van der Waals surface area (Å²) in [4.78, 5) is 0. The van der Waals surface area contributed by atoms with Crippen LogP contribution in [0, 0.1) is 0 Å². The minimum absolute atomic E-state index is 0.0193. The number of ether oxygens (including phenoxy) is 4. The molecule has 1 N–H and O–H groups in total. The summed E-state index contributed by atoms with van der Waals surface area (Å²) in [5.74, 6) is 1.39. The first-order chi connectivity index (χ1) is 19.8. The molecule has 0 fully saturated rings. The maximum atomic E-state index is 12.0. The van der Waals surface area contributed by atoms with Crippen LogP contribution in [0.25, 0.3) is 0 Å². The Labute approximate surface area is 273 Å². The van der Waals surface area contributed by atoms with Crippen LogP contribution in [0.4, 0.5) is 0 Å². The van der Waals surface area contributed by atoms with Crippen molar-refractivity contribution in [2.75, 3.05) is 27.8 Å². The fraction of sp³-hybridized carbons (Fsp3) is 0.471. The van der Waals surface area contributed by atoms with Gasteiger partial charge in [0, 0.05) is 61.9 Å². The second-order valence-corrected chi connectivity index (χ2v) is 17.0. The van der Waals surface area contributed by atoms with Crippen molar-refractivity contribution in [2.24, 2.45) is 0 Å². The van der Waals surface area contributed by atoms with Crippen LogP contribution in [-0.2, 0) is 25.7 Å². The van der Waals surface area contributed by atoms with E-state index in [-0.39, 0.29) is 30.2 Å². The van der Waals surface area contributed by atoms with Crippen molar-refractivity contribution in [2.45, 2.75) is 78.6 Å². The van der Waals surface area contributed by atoms with E-state index < -0.39 is 13.3 Å². The molecule has 0 saturated heterocycles. The Kier molecular flexibility index (Phi) is 11.4. The van der Waals surface area contributed by atoms with Crippen molar-refractivity contribution in [1.29, 1.82) is 0 Å². The molecule has 0 radical (unpaired) electrons. The SMILES string of the molecule is COCOc1c(P(c2cc(Cl)cc(C(C)(C)C)c2O)c2cc(Cl)cc(C(C)(C)C)c2OCOC)cc(Cl)cc1C(C)(C)C. The highest BCUT2D eigenvalue weighted by Gasteiger charge is 2.35. The fourth-order valence-corrected chi connectivity index (χ4v) is 8.43.